The third kappa shape index (κ3) is 6.95. The van der Waals surface area contributed by atoms with E-state index < -0.39 is 0 Å². The van der Waals surface area contributed by atoms with Crippen molar-refractivity contribution in [1.29, 1.82) is 0 Å². The zero-order valence-corrected chi connectivity index (χ0v) is 22.1. The molecule has 2 aromatic carbocycles. The van der Waals surface area contributed by atoms with E-state index in [2.05, 4.69) is 21.9 Å². The van der Waals surface area contributed by atoms with Gasteiger partial charge in [0, 0.05) is 99.0 Å². The molecule has 2 heterocycles. The first-order valence-electron chi connectivity index (χ1n) is 13.3. The number of nitrogens with two attached hydrogens (primary N) is 1. The second kappa shape index (κ2) is 12.6. The van der Waals surface area contributed by atoms with Crippen molar-refractivity contribution in [3.63, 3.8) is 0 Å². The van der Waals surface area contributed by atoms with Crippen LogP contribution in [0.1, 0.15) is 58.8 Å². The van der Waals surface area contributed by atoms with Crippen LogP contribution in [0, 0.1) is 20.9 Å². The number of benzene rings is 2. The number of rotatable bonds is 3. The second-order valence-corrected chi connectivity index (χ2v) is 11.2. The van der Waals surface area contributed by atoms with Crippen molar-refractivity contribution < 1.29 is 19.6 Å². The number of carbonyl (C=O) groups is 2. The van der Waals surface area contributed by atoms with Gasteiger partial charge in [-0.1, -0.05) is 7.43 Å². The van der Waals surface area contributed by atoms with Crippen LogP contribution in [0.25, 0.3) is 0 Å². The molecule has 212 valence electrons. The van der Waals surface area contributed by atoms with E-state index in [9.17, 15) is 19.7 Å². The van der Waals surface area contributed by atoms with Crippen molar-refractivity contribution in [2.45, 2.75) is 58.8 Å². The average Bonchev–Trinajstić information content (AvgIpc) is 2.90. The molecule has 2 aliphatic carbocycles. The van der Waals surface area contributed by atoms with Crippen LogP contribution in [0.15, 0.2) is 48.5 Å². The fourth-order valence-corrected chi connectivity index (χ4v) is 6.11. The van der Waals surface area contributed by atoms with Crippen molar-refractivity contribution in [1.82, 2.24) is 0 Å². The number of Topliss-reactive ketones (excluding diaryl/α,β-unsaturated/α-hetero) is 2. The Hall–Kier alpha value is -3.46. The maximum Gasteiger partial charge on any atom is 0.269 e. The van der Waals surface area contributed by atoms with Gasteiger partial charge >= 0.3 is 0 Å². The van der Waals surface area contributed by atoms with Crippen molar-refractivity contribution in [3.05, 3.63) is 58.6 Å². The molecule has 0 amide bonds. The van der Waals surface area contributed by atoms with Gasteiger partial charge < -0.3 is 20.6 Å². The van der Waals surface area contributed by atoms with Gasteiger partial charge in [-0.15, -0.1) is 0 Å². The Morgan fingerprint density at radius 1 is 0.718 bits per heavy atom. The molecule has 4 aliphatic rings. The highest BCUT2D eigenvalue weighted by Crippen LogP contribution is 2.45. The Morgan fingerprint density at radius 3 is 1.38 bits per heavy atom. The standard InChI is InChI=1S/C14H16N2O3.C14H18N2O.CH4O.CH4/c17-13-5-7-14(8-6-13)9-15(10-14)11-1-3-12(4-2-11)16(18)19;15-11-1-3-12(4-2-11)16-9-14(10-16)7-5-13(17)6-8-14;1-2;/h1-4H,5-10H2;1-4H,5-10,15H2;2H,1H3;1H4. The first kappa shape index (κ1) is 30.1. The molecule has 2 aliphatic heterocycles. The molecule has 9 nitrogen and oxygen atoms in total. The monoisotopic (exact) mass is 538 g/mol. The molecule has 2 saturated heterocycles. The maximum absolute atomic E-state index is 11.3. The lowest BCUT2D eigenvalue weighted by atomic mass is 9.68. The number of hydrogen-bond acceptors (Lipinski definition) is 8. The van der Waals surface area contributed by atoms with Gasteiger partial charge in [-0.3, -0.25) is 19.7 Å². The van der Waals surface area contributed by atoms with E-state index in [-0.39, 0.29) is 18.0 Å². The van der Waals surface area contributed by atoms with Crippen LogP contribution in [0.2, 0.25) is 0 Å². The topological polar surface area (TPSA) is 130 Å². The van der Waals surface area contributed by atoms with Gasteiger partial charge in [0.25, 0.3) is 5.69 Å². The minimum Gasteiger partial charge on any atom is -0.400 e. The summed E-state index contributed by atoms with van der Waals surface area (Å²) in [6, 6.07) is 14.8. The van der Waals surface area contributed by atoms with Crippen molar-refractivity contribution in [2.75, 3.05) is 48.8 Å². The van der Waals surface area contributed by atoms with Crippen LogP contribution in [-0.2, 0) is 9.59 Å². The smallest absolute Gasteiger partial charge is 0.269 e. The molecule has 0 bridgehead atoms. The minimum atomic E-state index is -0.381. The van der Waals surface area contributed by atoms with Gasteiger partial charge in [-0.05, 0) is 62.1 Å². The molecule has 2 spiro atoms. The van der Waals surface area contributed by atoms with Gasteiger partial charge in [0.05, 0.1) is 4.92 Å². The third-order valence-electron chi connectivity index (χ3n) is 8.53. The van der Waals surface area contributed by atoms with Crippen LogP contribution in [0.5, 0.6) is 0 Å². The summed E-state index contributed by atoms with van der Waals surface area (Å²) in [7, 11) is 1.00. The molecule has 0 unspecified atom stereocenters. The number of hydrogen-bond donors (Lipinski definition) is 2. The Balaban J connectivity index is 0.000000199. The Morgan fingerprint density at radius 2 is 1.05 bits per heavy atom. The number of nitro groups is 1. The molecule has 0 aromatic heterocycles. The predicted octanol–water partition coefficient (Wildman–Crippen LogP) is 5.01. The Bertz CT molecular complexity index is 1110. The number of nitrogens with zero attached hydrogens (tertiary/aromatic N) is 3. The van der Waals surface area contributed by atoms with Crippen molar-refractivity contribution >= 4 is 34.3 Å². The summed E-state index contributed by atoms with van der Waals surface area (Å²) in [5.74, 6) is 0.834. The van der Waals surface area contributed by atoms with E-state index in [1.54, 1.807) is 24.3 Å². The minimum absolute atomic E-state index is 0. The summed E-state index contributed by atoms with van der Waals surface area (Å²) < 4.78 is 0. The number of anilines is 3. The molecular weight excluding hydrogens is 496 g/mol. The van der Waals surface area contributed by atoms with Gasteiger partial charge in [0.15, 0.2) is 0 Å². The lowest BCUT2D eigenvalue weighted by Gasteiger charge is -2.53. The number of non-ortho nitro benzene ring substituents is 1. The molecule has 0 radical (unpaired) electrons. The molecule has 2 saturated carbocycles. The zero-order chi connectivity index (χ0) is 27.3. The van der Waals surface area contributed by atoms with Crippen LogP contribution in [0.3, 0.4) is 0 Å². The average molecular weight is 539 g/mol. The van der Waals surface area contributed by atoms with Gasteiger partial charge in [0.1, 0.15) is 11.6 Å². The number of nitrogen functional groups attached to an aromatic ring is 1. The summed E-state index contributed by atoms with van der Waals surface area (Å²) in [5, 5.41) is 17.6. The number of aliphatic hydroxyl groups excluding tert-OH is 1. The first-order chi connectivity index (χ1) is 18.2. The van der Waals surface area contributed by atoms with Gasteiger partial charge in [-0.2, -0.15) is 0 Å². The quantitative estimate of drug-likeness (QED) is 0.317. The number of nitro benzene ring substituents is 1. The van der Waals surface area contributed by atoms with Gasteiger partial charge in [0.2, 0.25) is 0 Å². The summed E-state index contributed by atoms with van der Waals surface area (Å²) in [6.07, 6.45) is 7.16. The molecule has 3 N–H and O–H groups in total. The highest BCUT2D eigenvalue weighted by atomic mass is 16.6. The largest absolute Gasteiger partial charge is 0.400 e. The fraction of sp³-hybridized carbons (Fsp3) is 0.533. The van der Waals surface area contributed by atoms with Crippen LogP contribution < -0.4 is 15.5 Å². The first-order valence-corrected chi connectivity index (χ1v) is 13.3. The maximum atomic E-state index is 11.3. The van der Waals surface area contributed by atoms with Crippen LogP contribution >= 0.6 is 0 Å². The second-order valence-electron chi connectivity index (χ2n) is 11.2. The highest BCUT2D eigenvalue weighted by Gasteiger charge is 2.45. The van der Waals surface area contributed by atoms with E-state index in [1.165, 1.54) is 5.69 Å². The SMILES string of the molecule is C.CO.Nc1ccc(N2CC3(CCC(=O)CC3)C2)cc1.O=C1CCC2(CC1)CN(c1ccc([N+](=O)[O-])cc1)C2. The Kier molecular flexibility index (Phi) is 9.72. The Labute approximate surface area is 231 Å². The van der Waals surface area contributed by atoms with Crippen molar-refractivity contribution in [2.24, 2.45) is 10.8 Å². The fourth-order valence-electron chi connectivity index (χ4n) is 6.11. The molecule has 4 fully saturated rings. The summed E-state index contributed by atoms with van der Waals surface area (Å²) in [6.45, 7) is 4.14. The summed E-state index contributed by atoms with van der Waals surface area (Å²) >= 11 is 0. The van der Waals surface area contributed by atoms with E-state index in [1.807, 2.05) is 12.1 Å². The van der Waals surface area contributed by atoms with E-state index >= 15 is 0 Å². The van der Waals surface area contributed by atoms with Crippen molar-refractivity contribution in [3.8, 4) is 0 Å². The molecular formula is C30H42N4O5. The lowest BCUT2D eigenvalue weighted by molar-refractivity contribution is -0.384. The molecule has 9 heteroatoms. The van der Waals surface area contributed by atoms with Crippen LogP contribution in [-0.4, -0.2) is 54.9 Å². The molecule has 0 atom stereocenters. The van der Waals surface area contributed by atoms with Crippen LogP contribution in [0.4, 0.5) is 22.7 Å². The molecule has 6 rings (SSSR count). The third-order valence-corrected chi connectivity index (χ3v) is 8.53. The van der Waals surface area contributed by atoms with Gasteiger partial charge in [-0.25, -0.2) is 0 Å². The number of aliphatic hydroxyl groups is 1. The zero-order valence-electron chi connectivity index (χ0n) is 22.1. The summed E-state index contributed by atoms with van der Waals surface area (Å²) in [5.41, 5.74) is 9.65. The van der Waals surface area contributed by atoms with E-state index in [4.69, 9.17) is 10.8 Å². The molecule has 39 heavy (non-hydrogen) atoms. The number of ketones is 2. The number of carbonyl (C=O) groups excluding carboxylic acids is 2. The highest BCUT2D eigenvalue weighted by molar-refractivity contribution is 5.80. The van der Waals surface area contributed by atoms with E-state index in [0.717, 1.165) is 83.2 Å². The lowest BCUT2D eigenvalue weighted by Crippen LogP contribution is -2.57. The van der Waals surface area contributed by atoms with E-state index in [0.29, 0.717) is 35.2 Å². The summed E-state index contributed by atoms with van der Waals surface area (Å²) in [4.78, 5) is 37.4. The molecule has 2 aromatic rings. The predicted molar refractivity (Wildman–Crippen MR) is 155 cm³/mol. The normalized spacial score (nSPS) is 20.4.